The van der Waals surface area contributed by atoms with Gasteiger partial charge in [0.25, 0.3) is 0 Å². The van der Waals surface area contributed by atoms with Crippen LogP contribution in [-0.2, 0) is 4.79 Å². The number of rotatable bonds is 5. The van der Waals surface area contributed by atoms with Crippen molar-refractivity contribution < 1.29 is 14.1 Å². The Morgan fingerprint density at radius 2 is 2.22 bits per heavy atom. The molecule has 6 nitrogen and oxygen atoms in total. The van der Waals surface area contributed by atoms with Gasteiger partial charge in [-0.3, -0.25) is 9.69 Å². The van der Waals surface area contributed by atoms with Gasteiger partial charge in [-0.2, -0.15) is 0 Å². The first kappa shape index (κ1) is 15.6. The molecule has 0 saturated carbocycles. The van der Waals surface area contributed by atoms with Crippen LogP contribution in [0.25, 0.3) is 0 Å². The van der Waals surface area contributed by atoms with E-state index in [0.29, 0.717) is 18.1 Å². The summed E-state index contributed by atoms with van der Waals surface area (Å²) < 4.78 is 10.2. The van der Waals surface area contributed by atoms with Gasteiger partial charge in [-0.25, -0.2) is 0 Å². The first-order valence-electron chi connectivity index (χ1n) is 7.77. The van der Waals surface area contributed by atoms with Crippen LogP contribution in [0.2, 0.25) is 0 Å². The number of hydrogen-bond donors (Lipinski definition) is 1. The van der Waals surface area contributed by atoms with E-state index in [2.05, 4.69) is 27.5 Å². The summed E-state index contributed by atoms with van der Waals surface area (Å²) >= 11 is 0. The Morgan fingerprint density at radius 1 is 1.43 bits per heavy atom. The van der Waals surface area contributed by atoms with Crippen molar-refractivity contribution in [2.75, 3.05) is 25.5 Å². The predicted molar refractivity (Wildman–Crippen MR) is 86.4 cm³/mol. The van der Waals surface area contributed by atoms with Crippen LogP contribution in [0.1, 0.15) is 30.2 Å². The largest absolute Gasteiger partial charge is 0.497 e. The molecule has 1 atom stereocenters. The van der Waals surface area contributed by atoms with Crippen molar-refractivity contribution in [2.45, 2.75) is 25.8 Å². The van der Waals surface area contributed by atoms with Gasteiger partial charge in [-0.15, -0.1) is 0 Å². The van der Waals surface area contributed by atoms with Crippen LogP contribution in [0.4, 0.5) is 5.82 Å². The first-order chi connectivity index (χ1) is 11.2. The van der Waals surface area contributed by atoms with Crippen LogP contribution < -0.4 is 10.1 Å². The van der Waals surface area contributed by atoms with Gasteiger partial charge in [-0.05, 0) is 44.0 Å². The quantitative estimate of drug-likeness (QED) is 0.919. The molecule has 1 aliphatic heterocycles. The molecule has 1 aliphatic rings. The molecule has 0 bridgehead atoms. The Morgan fingerprint density at radius 3 is 2.87 bits per heavy atom. The van der Waals surface area contributed by atoms with Crippen molar-refractivity contribution in [3.05, 3.63) is 41.7 Å². The SMILES string of the molecule is COc1ccc([C@@H]2CCCN2CC(=O)Nc2cc(C)on2)cc1. The van der Waals surface area contributed by atoms with Gasteiger partial charge in [0.05, 0.1) is 13.7 Å². The Labute approximate surface area is 135 Å². The molecular formula is C17H21N3O3. The Balaban J connectivity index is 1.62. The summed E-state index contributed by atoms with van der Waals surface area (Å²) in [5.74, 6) is 1.92. The molecule has 2 aromatic rings. The molecule has 1 saturated heterocycles. The maximum absolute atomic E-state index is 12.2. The van der Waals surface area contributed by atoms with E-state index in [9.17, 15) is 4.79 Å². The predicted octanol–water partition coefficient (Wildman–Crippen LogP) is 2.77. The number of anilines is 1. The third-order valence-electron chi connectivity index (χ3n) is 4.11. The molecule has 0 radical (unpaired) electrons. The zero-order chi connectivity index (χ0) is 16.2. The molecule has 1 fully saturated rings. The Kier molecular flexibility index (Phi) is 4.62. The fourth-order valence-electron chi connectivity index (χ4n) is 3.01. The average molecular weight is 315 g/mol. The van der Waals surface area contributed by atoms with Gasteiger partial charge in [0, 0.05) is 12.1 Å². The standard InChI is InChI=1S/C17H21N3O3/c1-12-10-16(19-23-12)18-17(21)11-20-9-3-4-15(20)13-5-7-14(22-2)8-6-13/h5-8,10,15H,3-4,9,11H2,1-2H3,(H,18,19,21)/t15-/m0/s1. The van der Waals surface area contributed by atoms with Crippen LogP contribution in [-0.4, -0.2) is 36.2 Å². The van der Waals surface area contributed by atoms with E-state index < -0.39 is 0 Å². The minimum atomic E-state index is -0.0706. The van der Waals surface area contributed by atoms with Crippen LogP contribution in [0.3, 0.4) is 0 Å². The van der Waals surface area contributed by atoms with E-state index >= 15 is 0 Å². The minimum Gasteiger partial charge on any atom is -0.497 e. The van der Waals surface area contributed by atoms with Crippen LogP contribution in [0, 0.1) is 6.92 Å². The molecule has 1 aromatic carbocycles. The zero-order valence-corrected chi connectivity index (χ0v) is 13.4. The number of methoxy groups -OCH3 is 1. The number of ether oxygens (including phenoxy) is 1. The van der Waals surface area contributed by atoms with E-state index in [-0.39, 0.29) is 11.9 Å². The number of likely N-dealkylation sites (tertiary alicyclic amines) is 1. The van der Waals surface area contributed by atoms with Gasteiger partial charge in [0.2, 0.25) is 5.91 Å². The van der Waals surface area contributed by atoms with Crippen molar-refractivity contribution >= 4 is 11.7 Å². The number of nitrogens with zero attached hydrogens (tertiary/aromatic N) is 2. The highest BCUT2D eigenvalue weighted by Crippen LogP contribution is 2.32. The molecule has 0 unspecified atom stereocenters. The number of hydrogen-bond acceptors (Lipinski definition) is 5. The molecule has 3 rings (SSSR count). The summed E-state index contributed by atoms with van der Waals surface area (Å²) in [4.78, 5) is 14.4. The third-order valence-corrected chi connectivity index (χ3v) is 4.11. The monoisotopic (exact) mass is 315 g/mol. The number of amides is 1. The second-order valence-corrected chi connectivity index (χ2v) is 5.77. The lowest BCUT2D eigenvalue weighted by Crippen LogP contribution is -2.33. The molecular weight excluding hydrogens is 294 g/mol. The molecule has 122 valence electrons. The zero-order valence-electron chi connectivity index (χ0n) is 13.4. The van der Waals surface area contributed by atoms with Gasteiger partial charge >= 0.3 is 0 Å². The molecule has 2 heterocycles. The number of aryl methyl sites for hydroxylation is 1. The van der Waals surface area contributed by atoms with Gasteiger partial charge in [0.15, 0.2) is 5.82 Å². The summed E-state index contributed by atoms with van der Waals surface area (Å²) in [7, 11) is 1.66. The lowest BCUT2D eigenvalue weighted by molar-refractivity contribution is -0.117. The van der Waals surface area contributed by atoms with E-state index in [4.69, 9.17) is 9.26 Å². The first-order valence-corrected chi connectivity index (χ1v) is 7.77. The fourth-order valence-corrected chi connectivity index (χ4v) is 3.01. The number of aromatic nitrogens is 1. The molecule has 1 N–H and O–H groups in total. The summed E-state index contributed by atoms with van der Waals surface area (Å²) in [5, 5.41) is 6.56. The van der Waals surface area contributed by atoms with Crippen LogP contribution >= 0.6 is 0 Å². The number of benzene rings is 1. The summed E-state index contributed by atoms with van der Waals surface area (Å²) in [6.07, 6.45) is 2.15. The van der Waals surface area contributed by atoms with E-state index in [1.807, 2.05) is 12.1 Å². The lowest BCUT2D eigenvalue weighted by Gasteiger charge is -2.24. The number of carbonyl (C=O) groups is 1. The number of carbonyl (C=O) groups excluding carboxylic acids is 1. The van der Waals surface area contributed by atoms with Crippen molar-refractivity contribution in [3.63, 3.8) is 0 Å². The smallest absolute Gasteiger partial charge is 0.239 e. The maximum Gasteiger partial charge on any atom is 0.239 e. The van der Waals surface area contributed by atoms with Gasteiger partial charge < -0.3 is 14.6 Å². The lowest BCUT2D eigenvalue weighted by atomic mass is 10.0. The summed E-state index contributed by atoms with van der Waals surface area (Å²) in [6.45, 7) is 3.06. The van der Waals surface area contributed by atoms with Crippen molar-refractivity contribution in [3.8, 4) is 5.75 Å². The molecule has 23 heavy (non-hydrogen) atoms. The average Bonchev–Trinajstić information content (AvgIpc) is 3.16. The van der Waals surface area contributed by atoms with Crippen molar-refractivity contribution in [2.24, 2.45) is 0 Å². The van der Waals surface area contributed by atoms with Crippen molar-refractivity contribution in [1.29, 1.82) is 0 Å². The van der Waals surface area contributed by atoms with E-state index in [1.54, 1.807) is 20.1 Å². The van der Waals surface area contributed by atoms with Gasteiger partial charge in [-0.1, -0.05) is 17.3 Å². The topological polar surface area (TPSA) is 67.6 Å². The Hall–Kier alpha value is -2.34. The second kappa shape index (κ2) is 6.83. The maximum atomic E-state index is 12.2. The van der Waals surface area contributed by atoms with Crippen LogP contribution in [0.15, 0.2) is 34.9 Å². The molecule has 0 aliphatic carbocycles. The normalized spacial score (nSPS) is 18.1. The second-order valence-electron chi connectivity index (χ2n) is 5.77. The van der Waals surface area contributed by atoms with E-state index in [0.717, 1.165) is 25.1 Å². The van der Waals surface area contributed by atoms with E-state index in [1.165, 1.54) is 5.56 Å². The molecule has 0 spiro atoms. The molecule has 1 aromatic heterocycles. The van der Waals surface area contributed by atoms with Gasteiger partial charge in [0.1, 0.15) is 11.5 Å². The Bertz CT molecular complexity index is 666. The minimum absolute atomic E-state index is 0.0706. The molecule has 1 amide bonds. The number of nitrogens with one attached hydrogen (secondary N) is 1. The van der Waals surface area contributed by atoms with Crippen molar-refractivity contribution in [1.82, 2.24) is 10.1 Å². The fraction of sp³-hybridized carbons (Fsp3) is 0.412. The van der Waals surface area contributed by atoms with Crippen LogP contribution in [0.5, 0.6) is 5.75 Å². The highest BCUT2D eigenvalue weighted by atomic mass is 16.5. The highest BCUT2D eigenvalue weighted by Gasteiger charge is 2.27. The highest BCUT2D eigenvalue weighted by molar-refractivity contribution is 5.91. The summed E-state index contributed by atoms with van der Waals surface area (Å²) in [6, 6.07) is 10.0. The summed E-state index contributed by atoms with van der Waals surface area (Å²) in [5.41, 5.74) is 1.22. The third kappa shape index (κ3) is 3.71. The molecule has 6 heteroatoms.